The van der Waals surface area contributed by atoms with Gasteiger partial charge in [0.05, 0.1) is 0 Å². The standard InChI is InChI=1S/C13H24N2O/c14-9-3-7-12-8-4-10-15(12)13(16)11-5-1-2-6-11/h11-12H,1-10,14H2. The number of amides is 1. The lowest BCUT2D eigenvalue weighted by Crippen LogP contribution is -2.39. The lowest BCUT2D eigenvalue weighted by atomic mass is 10.0. The van der Waals surface area contributed by atoms with Gasteiger partial charge in [0, 0.05) is 18.5 Å². The highest BCUT2D eigenvalue weighted by molar-refractivity contribution is 5.79. The van der Waals surface area contributed by atoms with E-state index in [4.69, 9.17) is 5.73 Å². The Bertz CT molecular complexity index is 236. The van der Waals surface area contributed by atoms with Gasteiger partial charge in [0.1, 0.15) is 0 Å². The van der Waals surface area contributed by atoms with E-state index in [1.54, 1.807) is 0 Å². The van der Waals surface area contributed by atoms with Crippen LogP contribution in [0.3, 0.4) is 0 Å². The van der Waals surface area contributed by atoms with Gasteiger partial charge in [-0.25, -0.2) is 0 Å². The van der Waals surface area contributed by atoms with Gasteiger partial charge in [-0.1, -0.05) is 12.8 Å². The van der Waals surface area contributed by atoms with Crippen molar-refractivity contribution >= 4 is 5.91 Å². The van der Waals surface area contributed by atoms with Crippen molar-refractivity contribution in [1.29, 1.82) is 0 Å². The highest BCUT2D eigenvalue weighted by Gasteiger charge is 2.33. The number of carbonyl (C=O) groups is 1. The van der Waals surface area contributed by atoms with Gasteiger partial charge in [-0.3, -0.25) is 4.79 Å². The van der Waals surface area contributed by atoms with Crippen molar-refractivity contribution in [2.75, 3.05) is 13.1 Å². The number of nitrogens with zero attached hydrogens (tertiary/aromatic N) is 1. The molecule has 92 valence electrons. The van der Waals surface area contributed by atoms with E-state index in [2.05, 4.69) is 4.90 Å². The van der Waals surface area contributed by atoms with Crippen molar-refractivity contribution in [3.63, 3.8) is 0 Å². The maximum Gasteiger partial charge on any atom is 0.225 e. The lowest BCUT2D eigenvalue weighted by molar-refractivity contribution is -0.136. The predicted octanol–water partition coefficient (Wildman–Crippen LogP) is 1.91. The first-order chi connectivity index (χ1) is 7.83. The van der Waals surface area contributed by atoms with E-state index in [9.17, 15) is 4.79 Å². The molecule has 0 aromatic carbocycles. The maximum absolute atomic E-state index is 12.3. The molecule has 0 aromatic rings. The normalized spacial score (nSPS) is 26.6. The molecule has 0 aromatic heterocycles. The quantitative estimate of drug-likeness (QED) is 0.793. The number of nitrogens with two attached hydrogens (primary N) is 1. The van der Waals surface area contributed by atoms with E-state index < -0.39 is 0 Å². The van der Waals surface area contributed by atoms with E-state index >= 15 is 0 Å². The molecule has 1 aliphatic heterocycles. The zero-order valence-electron chi connectivity index (χ0n) is 10.2. The summed E-state index contributed by atoms with van der Waals surface area (Å²) in [5, 5.41) is 0. The van der Waals surface area contributed by atoms with Crippen LogP contribution >= 0.6 is 0 Å². The summed E-state index contributed by atoms with van der Waals surface area (Å²) >= 11 is 0. The summed E-state index contributed by atoms with van der Waals surface area (Å²) in [5.41, 5.74) is 5.55. The first-order valence-electron chi connectivity index (χ1n) is 6.83. The van der Waals surface area contributed by atoms with E-state index in [0.717, 1.165) is 38.8 Å². The molecular formula is C13H24N2O. The van der Waals surface area contributed by atoms with E-state index in [0.29, 0.717) is 17.9 Å². The summed E-state index contributed by atoms with van der Waals surface area (Å²) in [6.45, 7) is 1.74. The van der Waals surface area contributed by atoms with Gasteiger partial charge in [0.2, 0.25) is 5.91 Å². The Morgan fingerprint density at radius 3 is 2.62 bits per heavy atom. The van der Waals surface area contributed by atoms with Crippen molar-refractivity contribution in [2.24, 2.45) is 11.7 Å². The van der Waals surface area contributed by atoms with Crippen molar-refractivity contribution in [3.05, 3.63) is 0 Å². The fourth-order valence-corrected chi connectivity index (χ4v) is 3.19. The average molecular weight is 224 g/mol. The third-order valence-corrected chi connectivity index (χ3v) is 4.11. The maximum atomic E-state index is 12.3. The monoisotopic (exact) mass is 224 g/mol. The largest absolute Gasteiger partial charge is 0.339 e. The van der Waals surface area contributed by atoms with Gasteiger partial charge in [-0.2, -0.15) is 0 Å². The van der Waals surface area contributed by atoms with E-state index in [-0.39, 0.29) is 0 Å². The molecule has 2 aliphatic rings. The van der Waals surface area contributed by atoms with Gasteiger partial charge in [-0.05, 0) is 45.1 Å². The highest BCUT2D eigenvalue weighted by Crippen LogP contribution is 2.30. The molecule has 1 amide bonds. The molecule has 3 nitrogen and oxygen atoms in total. The summed E-state index contributed by atoms with van der Waals surface area (Å²) in [5.74, 6) is 0.787. The number of likely N-dealkylation sites (tertiary alicyclic amines) is 1. The van der Waals surface area contributed by atoms with Crippen LogP contribution < -0.4 is 5.73 Å². The average Bonchev–Trinajstić information content (AvgIpc) is 2.96. The molecule has 1 atom stereocenters. The molecule has 1 saturated carbocycles. The van der Waals surface area contributed by atoms with Crippen LogP contribution in [-0.2, 0) is 4.79 Å². The first-order valence-corrected chi connectivity index (χ1v) is 6.83. The van der Waals surface area contributed by atoms with Crippen molar-refractivity contribution < 1.29 is 4.79 Å². The predicted molar refractivity (Wildman–Crippen MR) is 65.0 cm³/mol. The Hall–Kier alpha value is -0.570. The van der Waals surface area contributed by atoms with Gasteiger partial charge < -0.3 is 10.6 Å². The number of rotatable bonds is 4. The van der Waals surface area contributed by atoms with Crippen LogP contribution in [0.15, 0.2) is 0 Å². The Morgan fingerprint density at radius 2 is 1.94 bits per heavy atom. The molecule has 2 rings (SSSR count). The summed E-state index contributed by atoms with van der Waals surface area (Å²) in [6.07, 6.45) is 9.29. The third-order valence-electron chi connectivity index (χ3n) is 4.11. The molecule has 1 unspecified atom stereocenters. The topological polar surface area (TPSA) is 46.3 Å². The van der Waals surface area contributed by atoms with Crippen molar-refractivity contribution in [2.45, 2.75) is 57.4 Å². The minimum atomic E-state index is 0.346. The zero-order valence-corrected chi connectivity index (χ0v) is 10.2. The Labute approximate surface area is 98.4 Å². The molecule has 2 N–H and O–H groups in total. The Morgan fingerprint density at radius 1 is 1.19 bits per heavy atom. The molecule has 2 fully saturated rings. The van der Waals surface area contributed by atoms with Gasteiger partial charge in [0.25, 0.3) is 0 Å². The second-order valence-corrected chi connectivity index (χ2v) is 5.24. The molecule has 1 saturated heterocycles. The summed E-state index contributed by atoms with van der Waals surface area (Å²) < 4.78 is 0. The molecule has 1 aliphatic carbocycles. The minimum Gasteiger partial charge on any atom is -0.339 e. The summed E-state index contributed by atoms with van der Waals surface area (Å²) in [6, 6.07) is 0.497. The van der Waals surface area contributed by atoms with Crippen LogP contribution in [0.4, 0.5) is 0 Å². The van der Waals surface area contributed by atoms with E-state index in [1.807, 2.05) is 0 Å². The SMILES string of the molecule is NCCCC1CCCN1C(=O)C1CCCC1. The Kier molecular flexibility index (Phi) is 4.22. The summed E-state index contributed by atoms with van der Waals surface area (Å²) in [7, 11) is 0. The summed E-state index contributed by atoms with van der Waals surface area (Å²) in [4.78, 5) is 14.5. The Balaban J connectivity index is 1.88. The van der Waals surface area contributed by atoms with Gasteiger partial charge in [0.15, 0.2) is 0 Å². The molecule has 16 heavy (non-hydrogen) atoms. The molecule has 0 spiro atoms. The lowest BCUT2D eigenvalue weighted by Gasteiger charge is -2.27. The fraction of sp³-hybridized carbons (Fsp3) is 0.923. The van der Waals surface area contributed by atoms with Crippen molar-refractivity contribution in [1.82, 2.24) is 4.90 Å². The van der Waals surface area contributed by atoms with Gasteiger partial charge in [-0.15, -0.1) is 0 Å². The van der Waals surface area contributed by atoms with Crippen LogP contribution in [-0.4, -0.2) is 29.9 Å². The second kappa shape index (κ2) is 5.67. The number of carbonyl (C=O) groups excluding carboxylic acids is 1. The smallest absolute Gasteiger partial charge is 0.225 e. The fourth-order valence-electron chi connectivity index (χ4n) is 3.19. The molecule has 0 radical (unpaired) electrons. The molecule has 1 heterocycles. The molecule has 0 bridgehead atoms. The van der Waals surface area contributed by atoms with E-state index in [1.165, 1.54) is 25.7 Å². The minimum absolute atomic E-state index is 0.346. The van der Waals surface area contributed by atoms with Crippen LogP contribution in [0.2, 0.25) is 0 Å². The van der Waals surface area contributed by atoms with Crippen molar-refractivity contribution in [3.8, 4) is 0 Å². The van der Waals surface area contributed by atoms with Crippen LogP contribution in [0, 0.1) is 5.92 Å². The second-order valence-electron chi connectivity index (χ2n) is 5.24. The third kappa shape index (κ3) is 2.57. The highest BCUT2D eigenvalue weighted by atomic mass is 16.2. The number of hydrogen-bond acceptors (Lipinski definition) is 2. The van der Waals surface area contributed by atoms with Crippen LogP contribution in [0.25, 0.3) is 0 Å². The van der Waals surface area contributed by atoms with Crippen LogP contribution in [0.5, 0.6) is 0 Å². The molecular weight excluding hydrogens is 200 g/mol. The molecule has 3 heteroatoms. The first kappa shape index (κ1) is 11.9. The zero-order chi connectivity index (χ0) is 11.4. The van der Waals surface area contributed by atoms with Gasteiger partial charge >= 0.3 is 0 Å². The van der Waals surface area contributed by atoms with Crippen LogP contribution in [0.1, 0.15) is 51.4 Å². The number of hydrogen-bond donors (Lipinski definition) is 1.